The molecule has 13 nitrogen and oxygen atoms in total. The SMILES string of the molecule is CNC(CCSC1CC(=O)N(C(CN)C(=O)NC(CS)CCS)C1=O)CSC1CC(=O)N(C(CN)C(=O)NC(CS)CCS)C1=O. The Morgan fingerprint density at radius 2 is 1.20 bits per heavy atom. The van der Waals surface area contributed by atoms with E-state index in [9.17, 15) is 28.8 Å². The molecule has 0 aromatic rings. The van der Waals surface area contributed by atoms with E-state index in [1.165, 1.54) is 23.5 Å². The third-order valence-corrected chi connectivity index (χ3v) is 11.7. The molecule has 2 rings (SSSR count). The lowest BCUT2D eigenvalue weighted by Crippen LogP contribution is -2.55. The van der Waals surface area contributed by atoms with Crippen molar-refractivity contribution in [3.8, 4) is 0 Å². The maximum atomic E-state index is 13.2. The number of hydrogen-bond donors (Lipinski definition) is 9. The number of nitrogens with one attached hydrogen (secondary N) is 3. The minimum absolute atomic E-state index is 0.0212. The van der Waals surface area contributed by atoms with Crippen LogP contribution >= 0.6 is 74.0 Å². The molecule has 2 heterocycles. The number of carbonyl (C=O) groups excluding carboxylic acids is 6. The van der Waals surface area contributed by atoms with Crippen molar-refractivity contribution in [2.24, 2.45) is 11.5 Å². The number of thioether (sulfide) groups is 2. The van der Waals surface area contributed by atoms with E-state index in [1.54, 1.807) is 7.05 Å². The summed E-state index contributed by atoms with van der Waals surface area (Å²) in [4.78, 5) is 79.7. The maximum absolute atomic E-state index is 13.2. The number of nitrogens with two attached hydrogens (primary N) is 2. The van der Waals surface area contributed by atoms with Gasteiger partial charge >= 0.3 is 0 Å². The number of carbonyl (C=O) groups is 6. The van der Waals surface area contributed by atoms with Gasteiger partial charge in [-0.05, 0) is 43.6 Å². The number of imide groups is 2. The molecular weight excluding hydrogens is 711 g/mol. The lowest BCUT2D eigenvalue weighted by atomic mass is 10.2. The minimum Gasteiger partial charge on any atom is -0.351 e. The fraction of sp³-hybridized carbons (Fsp3) is 0.778. The molecule has 0 saturated carbocycles. The van der Waals surface area contributed by atoms with Crippen LogP contribution in [0, 0.1) is 0 Å². The van der Waals surface area contributed by atoms with Crippen LogP contribution in [0.3, 0.4) is 0 Å². The summed E-state index contributed by atoms with van der Waals surface area (Å²) in [5.41, 5.74) is 11.6. The van der Waals surface area contributed by atoms with Crippen molar-refractivity contribution in [2.75, 3.05) is 54.7 Å². The zero-order valence-corrected chi connectivity index (χ0v) is 31.0. The number of amides is 6. The van der Waals surface area contributed by atoms with E-state index in [2.05, 4.69) is 66.5 Å². The van der Waals surface area contributed by atoms with E-state index in [1.807, 2.05) is 0 Å². The lowest BCUT2D eigenvalue weighted by molar-refractivity contribution is -0.146. The topological polar surface area (TPSA) is 197 Å². The fourth-order valence-electron chi connectivity index (χ4n) is 5.04. The predicted octanol–water partition coefficient (Wildman–Crippen LogP) is -1.19. The van der Waals surface area contributed by atoms with Crippen molar-refractivity contribution in [3.63, 3.8) is 0 Å². The molecule has 7 unspecified atom stereocenters. The molecule has 0 bridgehead atoms. The molecule has 2 aliphatic heterocycles. The normalized spacial score (nSPS) is 21.8. The van der Waals surface area contributed by atoms with Crippen molar-refractivity contribution < 1.29 is 28.8 Å². The van der Waals surface area contributed by atoms with E-state index < -0.39 is 58.0 Å². The second-order valence-corrected chi connectivity index (χ2v) is 15.0. The maximum Gasteiger partial charge on any atom is 0.244 e. The summed E-state index contributed by atoms with van der Waals surface area (Å²) in [6.07, 6.45) is 1.74. The molecular formula is C27H47N7O6S6. The van der Waals surface area contributed by atoms with Gasteiger partial charge in [0.2, 0.25) is 35.4 Å². The van der Waals surface area contributed by atoms with Gasteiger partial charge < -0.3 is 27.4 Å². The Bertz CT molecular complexity index is 1080. The van der Waals surface area contributed by atoms with Crippen LogP contribution in [-0.2, 0) is 28.8 Å². The first-order valence-electron chi connectivity index (χ1n) is 15.1. The van der Waals surface area contributed by atoms with E-state index in [0.717, 1.165) is 9.80 Å². The summed E-state index contributed by atoms with van der Waals surface area (Å²) in [6, 6.07) is -2.76. The molecule has 0 radical (unpaired) electrons. The largest absolute Gasteiger partial charge is 0.351 e. The van der Waals surface area contributed by atoms with Gasteiger partial charge in [0, 0.05) is 61.3 Å². The van der Waals surface area contributed by atoms with Crippen molar-refractivity contribution in [1.29, 1.82) is 0 Å². The first kappa shape index (κ1) is 41.4. The molecule has 2 saturated heterocycles. The molecule has 0 aromatic carbocycles. The zero-order valence-electron chi connectivity index (χ0n) is 25.8. The molecule has 6 amide bonds. The quantitative estimate of drug-likeness (QED) is 0.0476. The van der Waals surface area contributed by atoms with Gasteiger partial charge in [0.25, 0.3) is 0 Å². The standard InChI is InChI=1S/C27H47N7O6S6/c1-30-17(14-46-21-9-23(36)34(27(21)40)19(11-29)25(38)32-16(13-44)3-6-42)4-7-45-20-8-22(35)33(26(20)39)18(10-28)24(37)31-15(12-43)2-5-41/h15-21,30,41-44H,2-14,28-29H2,1H3,(H,31,37)(H,32,38). The molecule has 2 fully saturated rings. The van der Waals surface area contributed by atoms with Gasteiger partial charge in [0.05, 0.1) is 10.5 Å². The van der Waals surface area contributed by atoms with Gasteiger partial charge in [-0.25, -0.2) is 0 Å². The first-order chi connectivity index (χ1) is 22.0. The molecule has 0 aromatic heterocycles. The number of thiol groups is 4. The van der Waals surface area contributed by atoms with Crippen LogP contribution < -0.4 is 27.4 Å². The second-order valence-electron chi connectivity index (χ2n) is 10.9. The third kappa shape index (κ3) is 11.4. The summed E-state index contributed by atoms with van der Waals surface area (Å²) < 4.78 is 0. The Labute approximate surface area is 301 Å². The average Bonchev–Trinajstić information content (AvgIpc) is 3.47. The van der Waals surface area contributed by atoms with Gasteiger partial charge in [-0.3, -0.25) is 38.6 Å². The number of hydrogen-bond acceptors (Lipinski definition) is 15. The Balaban J connectivity index is 1.90. The minimum atomic E-state index is -1.10. The van der Waals surface area contributed by atoms with Gasteiger partial charge in [-0.1, -0.05) is 0 Å². The second kappa shape index (κ2) is 21.3. The Morgan fingerprint density at radius 1 is 0.761 bits per heavy atom. The van der Waals surface area contributed by atoms with Crippen molar-refractivity contribution in [3.05, 3.63) is 0 Å². The van der Waals surface area contributed by atoms with Gasteiger partial charge in [-0.2, -0.15) is 50.5 Å². The highest BCUT2D eigenvalue weighted by Crippen LogP contribution is 2.30. The van der Waals surface area contributed by atoms with E-state index in [0.29, 0.717) is 53.8 Å². The van der Waals surface area contributed by atoms with E-state index in [4.69, 9.17) is 11.5 Å². The third-order valence-electron chi connectivity index (χ3n) is 7.74. The molecule has 19 heteroatoms. The van der Waals surface area contributed by atoms with Crippen LogP contribution in [0.25, 0.3) is 0 Å². The van der Waals surface area contributed by atoms with Crippen molar-refractivity contribution in [1.82, 2.24) is 25.8 Å². The Kier molecular flexibility index (Phi) is 19.2. The van der Waals surface area contributed by atoms with Gasteiger partial charge in [-0.15, -0.1) is 23.5 Å². The molecule has 46 heavy (non-hydrogen) atoms. The van der Waals surface area contributed by atoms with Crippen molar-refractivity contribution >= 4 is 109 Å². The molecule has 262 valence electrons. The summed E-state index contributed by atoms with van der Waals surface area (Å²) in [7, 11) is 1.78. The summed E-state index contributed by atoms with van der Waals surface area (Å²) >= 11 is 19.5. The zero-order chi connectivity index (χ0) is 34.4. The van der Waals surface area contributed by atoms with Crippen LogP contribution in [0.2, 0.25) is 0 Å². The van der Waals surface area contributed by atoms with Gasteiger partial charge in [0.1, 0.15) is 12.1 Å². The number of rotatable bonds is 22. The Hall–Kier alpha value is -0.800. The highest BCUT2D eigenvalue weighted by atomic mass is 32.2. The van der Waals surface area contributed by atoms with Crippen LogP contribution in [0.5, 0.6) is 0 Å². The highest BCUT2D eigenvalue weighted by Gasteiger charge is 2.46. The smallest absolute Gasteiger partial charge is 0.244 e. The lowest BCUT2D eigenvalue weighted by Gasteiger charge is -2.27. The summed E-state index contributed by atoms with van der Waals surface area (Å²) in [6.45, 7) is -0.386. The summed E-state index contributed by atoms with van der Waals surface area (Å²) in [5.74, 6) is 0.140. The van der Waals surface area contributed by atoms with Crippen LogP contribution in [0.15, 0.2) is 0 Å². The summed E-state index contributed by atoms with van der Waals surface area (Å²) in [5, 5.41) is 7.54. The Morgan fingerprint density at radius 3 is 1.57 bits per heavy atom. The molecule has 7 N–H and O–H groups in total. The monoisotopic (exact) mass is 757 g/mol. The molecule has 7 atom stereocenters. The van der Waals surface area contributed by atoms with Crippen LogP contribution in [0.1, 0.15) is 32.1 Å². The van der Waals surface area contributed by atoms with E-state index in [-0.39, 0.29) is 44.1 Å². The van der Waals surface area contributed by atoms with Crippen molar-refractivity contribution in [2.45, 2.75) is 72.8 Å². The van der Waals surface area contributed by atoms with E-state index >= 15 is 0 Å². The first-order valence-corrected chi connectivity index (χ1v) is 19.7. The predicted molar refractivity (Wildman–Crippen MR) is 197 cm³/mol. The fourth-order valence-corrected chi connectivity index (χ4v) is 8.75. The molecule has 0 spiro atoms. The average molecular weight is 758 g/mol. The molecule has 0 aliphatic carbocycles. The highest BCUT2D eigenvalue weighted by molar-refractivity contribution is 8.01. The van der Waals surface area contributed by atoms with Crippen LogP contribution in [-0.4, -0.2) is 141 Å². The number of nitrogens with zero attached hydrogens (tertiary/aromatic N) is 2. The number of likely N-dealkylation sites (tertiary alicyclic amines) is 2. The van der Waals surface area contributed by atoms with Crippen LogP contribution in [0.4, 0.5) is 0 Å². The van der Waals surface area contributed by atoms with Gasteiger partial charge in [0.15, 0.2) is 0 Å². The molecule has 2 aliphatic rings.